The molecular weight excluding hydrogens is 369 g/mol. The Morgan fingerprint density at radius 3 is 2.20 bits per heavy atom. The van der Waals surface area contributed by atoms with Crippen molar-refractivity contribution >= 4 is 0 Å². The maximum Gasteiger partial charge on any atom is 0 e. The normalized spacial score (nSPS) is 19.4. The maximum atomic E-state index is 2.44. The van der Waals surface area contributed by atoms with Gasteiger partial charge in [-0.2, -0.15) is 13.3 Å². The summed E-state index contributed by atoms with van der Waals surface area (Å²) in [7, 11) is 0. The maximum absolute atomic E-state index is 2.44. The molecule has 3 unspecified atom stereocenters. The monoisotopic (exact) mass is 402 g/mol. The minimum Gasteiger partial charge on any atom is -0.331 e. The van der Waals surface area contributed by atoms with Crippen molar-refractivity contribution in [3.05, 3.63) is 29.7 Å². The zero-order valence-electron chi connectivity index (χ0n) is 14.3. The molecule has 0 aromatic rings. The summed E-state index contributed by atoms with van der Waals surface area (Å²) in [5.74, 6) is 2.51. The molecule has 0 saturated carbocycles. The molecule has 20 heavy (non-hydrogen) atoms. The van der Waals surface area contributed by atoms with Gasteiger partial charge < -0.3 is 6.42 Å². The summed E-state index contributed by atoms with van der Waals surface area (Å²) in [6, 6.07) is 0. The Morgan fingerprint density at radius 2 is 1.65 bits per heavy atom. The molecule has 0 heterocycles. The third-order valence-corrected chi connectivity index (χ3v) is 4.96. The molecule has 1 aliphatic carbocycles. The summed E-state index contributed by atoms with van der Waals surface area (Å²) in [6.07, 6.45) is 14.9. The standard InChI is InChI=1S/C19H33.Pr/c1-6-7-8-16(3)17(4)11-12-18(5)19-13-9-15(2)10-14-19;/h6,9,13,16-18H,7-8,10-12,14H2,1-5H3;/q-1;. The molecule has 0 N–H and O–H groups in total. The predicted molar refractivity (Wildman–Crippen MR) is 87.0 cm³/mol. The van der Waals surface area contributed by atoms with Crippen LogP contribution in [0.2, 0.25) is 0 Å². The Labute approximate surface area is 160 Å². The Balaban J connectivity index is 0.00000361. The third-order valence-electron chi connectivity index (χ3n) is 4.96. The zero-order valence-corrected chi connectivity index (χ0v) is 18.0. The largest absolute Gasteiger partial charge is 0.331 e. The van der Waals surface area contributed by atoms with E-state index in [0.29, 0.717) is 0 Å². The number of allylic oxidation sites excluding steroid dienone is 4. The Hall–Kier alpha value is 0.844. The summed E-state index contributed by atoms with van der Waals surface area (Å²) in [6.45, 7) is 11.7. The van der Waals surface area contributed by atoms with Crippen molar-refractivity contribution in [1.29, 1.82) is 0 Å². The molecule has 1 heteroatoms. The van der Waals surface area contributed by atoms with E-state index in [-0.39, 0.29) is 41.3 Å². The fourth-order valence-electron chi connectivity index (χ4n) is 2.87. The first-order chi connectivity index (χ1) is 9.04. The van der Waals surface area contributed by atoms with Crippen LogP contribution in [0.5, 0.6) is 0 Å². The van der Waals surface area contributed by atoms with Crippen molar-refractivity contribution in [2.45, 2.75) is 73.1 Å². The van der Waals surface area contributed by atoms with Crippen molar-refractivity contribution < 1.29 is 41.3 Å². The second kappa shape index (κ2) is 11.4. The van der Waals surface area contributed by atoms with E-state index < -0.39 is 0 Å². The van der Waals surface area contributed by atoms with Gasteiger partial charge in [0.25, 0.3) is 0 Å². The van der Waals surface area contributed by atoms with Crippen molar-refractivity contribution in [3.8, 4) is 0 Å². The van der Waals surface area contributed by atoms with Crippen LogP contribution in [0.15, 0.2) is 23.3 Å². The summed E-state index contributed by atoms with van der Waals surface area (Å²) < 4.78 is 0. The molecule has 0 amide bonds. The van der Waals surface area contributed by atoms with Crippen LogP contribution in [0, 0.1) is 65.5 Å². The van der Waals surface area contributed by atoms with Gasteiger partial charge in [0.15, 0.2) is 0 Å². The molecule has 0 aromatic carbocycles. The van der Waals surface area contributed by atoms with Crippen LogP contribution in [0.1, 0.15) is 73.1 Å². The quantitative estimate of drug-likeness (QED) is 0.415. The molecule has 0 spiro atoms. The molecule has 0 fully saturated rings. The number of unbranched alkanes of at least 4 members (excludes halogenated alkanes) is 1. The van der Waals surface area contributed by atoms with E-state index >= 15 is 0 Å². The number of rotatable bonds is 8. The first-order valence-corrected chi connectivity index (χ1v) is 8.18. The van der Waals surface area contributed by atoms with Crippen LogP contribution < -0.4 is 0 Å². The van der Waals surface area contributed by atoms with Crippen molar-refractivity contribution in [2.75, 3.05) is 0 Å². The summed E-state index contributed by atoms with van der Waals surface area (Å²) in [4.78, 5) is 0. The van der Waals surface area contributed by atoms with Gasteiger partial charge in [0, 0.05) is 41.3 Å². The number of hydrogen-bond acceptors (Lipinski definition) is 0. The Morgan fingerprint density at radius 1 is 1.00 bits per heavy atom. The molecule has 0 aromatic heterocycles. The van der Waals surface area contributed by atoms with E-state index in [2.05, 4.69) is 53.2 Å². The molecule has 1 radical (unpaired) electrons. The molecule has 0 bridgehead atoms. The number of hydrogen-bond donors (Lipinski definition) is 0. The average Bonchev–Trinajstić information content (AvgIpc) is 2.42. The van der Waals surface area contributed by atoms with Crippen LogP contribution in [-0.2, 0) is 0 Å². The van der Waals surface area contributed by atoms with Gasteiger partial charge in [0.1, 0.15) is 0 Å². The van der Waals surface area contributed by atoms with E-state index in [1.54, 1.807) is 5.57 Å². The van der Waals surface area contributed by atoms with Gasteiger partial charge in [-0.15, -0.1) is 0 Å². The summed E-state index contributed by atoms with van der Waals surface area (Å²) in [5.41, 5.74) is 3.21. The van der Waals surface area contributed by atoms with Crippen molar-refractivity contribution in [2.24, 2.45) is 17.8 Å². The zero-order chi connectivity index (χ0) is 14.3. The predicted octanol–water partition coefficient (Wildman–Crippen LogP) is 6.35. The SMILES string of the molecule is C[CH-]CCC(C)C(C)CCC(C)C1=CC=C(C)CC1.[Pr]. The molecule has 0 nitrogen and oxygen atoms in total. The van der Waals surface area contributed by atoms with Crippen LogP contribution in [0.4, 0.5) is 0 Å². The average molecular weight is 402 g/mol. The van der Waals surface area contributed by atoms with Gasteiger partial charge in [-0.05, 0) is 50.4 Å². The van der Waals surface area contributed by atoms with E-state index in [1.165, 1.54) is 44.1 Å². The van der Waals surface area contributed by atoms with Crippen LogP contribution >= 0.6 is 0 Å². The van der Waals surface area contributed by atoms with Crippen LogP contribution in [0.3, 0.4) is 0 Å². The molecule has 113 valence electrons. The van der Waals surface area contributed by atoms with Gasteiger partial charge in [-0.1, -0.05) is 50.5 Å². The summed E-state index contributed by atoms with van der Waals surface area (Å²) in [5, 5.41) is 0. The Kier molecular flexibility index (Phi) is 11.9. The smallest absolute Gasteiger partial charge is 0 e. The first kappa shape index (κ1) is 20.8. The minimum atomic E-state index is 0. The van der Waals surface area contributed by atoms with Gasteiger partial charge in [0.2, 0.25) is 0 Å². The second-order valence-electron chi connectivity index (χ2n) is 6.67. The van der Waals surface area contributed by atoms with Crippen LogP contribution in [0.25, 0.3) is 0 Å². The van der Waals surface area contributed by atoms with Gasteiger partial charge >= 0.3 is 0 Å². The van der Waals surface area contributed by atoms with E-state index in [9.17, 15) is 0 Å². The molecule has 1 rings (SSSR count). The van der Waals surface area contributed by atoms with Gasteiger partial charge in [-0.3, -0.25) is 0 Å². The van der Waals surface area contributed by atoms with E-state index in [1.807, 2.05) is 0 Å². The van der Waals surface area contributed by atoms with E-state index in [0.717, 1.165) is 17.8 Å². The van der Waals surface area contributed by atoms with Crippen LogP contribution in [-0.4, -0.2) is 0 Å². The molecule has 0 aliphatic heterocycles. The fourth-order valence-corrected chi connectivity index (χ4v) is 2.87. The first-order valence-electron chi connectivity index (χ1n) is 8.18. The third kappa shape index (κ3) is 7.74. The molecule has 0 saturated heterocycles. The topological polar surface area (TPSA) is 0 Å². The Bertz CT molecular complexity index is 314. The van der Waals surface area contributed by atoms with Crippen molar-refractivity contribution in [1.82, 2.24) is 0 Å². The van der Waals surface area contributed by atoms with Gasteiger partial charge in [0.05, 0.1) is 0 Å². The van der Waals surface area contributed by atoms with Gasteiger partial charge in [-0.25, -0.2) is 0 Å². The van der Waals surface area contributed by atoms with Crippen molar-refractivity contribution in [3.63, 3.8) is 0 Å². The molecule has 3 atom stereocenters. The van der Waals surface area contributed by atoms with E-state index in [4.69, 9.17) is 0 Å². The minimum absolute atomic E-state index is 0. The fraction of sp³-hybridized carbons (Fsp3) is 0.737. The second-order valence-corrected chi connectivity index (χ2v) is 6.67. The summed E-state index contributed by atoms with van der Waals surface area (Å²) >= 11 is 0. The molecular formula is C19H33Pr-. The molecule has 1 aliphatic rings.